The summed E-state index contributed by atoms with van der Waals surface area (Å²) in [7, 11) is 0. The first-order valence-corrected chi connectivity index (χ1v) is 3.08. The number of ether oxygens (including phenoxy) is 1. The first-order valence-electron chi connectivity index (χ1n) is 3.08. The van der Waals surface area contributed by atoms with Crippen molar-refractivity contribution in [2.45, 2.75) is 25.4 Å². The van der Waals surface area contributed by atoms with E-state index in [0.717, 1.165) is 19.4 Å². The van der Waals surface area contributed by atoms with E-state index in [4.69, 9.17) is 9.84 Å². The maximum absolute atomic E-state index is 8.66. The zero-order chi connectivity index (χ0) is 6.04. The summed E-state index contributed by atoms with van der Waals surface area (Å²) in [5.74, 6) is 0. The van der Waals surface area contributed by atoms with Crippen LogP contribution < -0.4 is 0 Å². The quantitative estimate of drug-likeness (QED) is 0.546. The van der Waals surface area contributed by atoms with E-state index < -0.39 is 0 Å². The molecule has 1 aliphatic heterocycles. The van der Waals surface area contributed by atoms with Crippen LogP contribution in [0.1, 0.15) is 19.8 Å². The van der Waals surface area contributed by atoms with Crippen molar-refractivity contribution in [2.75, 3.05) is 13.2 Å². The molecule has 0 amide bonds. The van der Waals surface area contributed by atoms with Crippen LogP contribution in [0.5, 0.6) is 0 Å². The molecule has 0 aromatic carbocycles. The van der Waals surface area contributed by atoms with Gasteiger partial charge in [0.15, 0.2) is 0 Å². The lowest BCUT2D eigenvalue weighted by Gasteiger charge is -2.02. The second-order valence-electron chi connectivity index (χ2n) is 2.38. The van der Waals surface area contributed by atoms with Gasteiger partial charge in [-0.15, -0.1) is 0 Å². The molecule has 1 fully saturated rings. The highest BCUT2D eigenvalue weighted by atomic mass is 16.6. The van der Waals surface area contributed by atoms with Crippen LogP contribution in [0, 0.1) is 0 Å². The molecule has 0 bridgehead atoms. The Labute approximate surface area is 49.5 Å². The van der Waals surface area contributed by atoms with Gasteiger partial charge in [-0.2, -0.15) is 0 Å². The fourth-order valence-corrected chi connectivity index (χ4v) is 0.872. The fraction of sp³-hybridized carbons (Fsp3) is 1.00. The van der Waals surface area contributed by atoms with Crippen molar-refractivity contribution < 1.29 is 9.84 Å². The molecule has 0 saturated carbocycles. The summed E-state index contributed by atoms with van der Waals surface area (Å²) in [6.45, 7) is 3.05. The Morgan fingerprint density at radius 3 is 2.50 bits per heavy atom. The van der Waals surface area contributed by atoms with Crippen molar-refractivity contribution in [3.8, 4) is 0 Å². The second-order valence-corrected chi connectivity index (χ2v) is 2.38. The molecule has 0 aromatic heterocycles. The van der Waals surface area contributed by atoms with E-state index >= 15 is 0 Å². The molecule has 8 heavy (non-hydrogen) atoms. The lowest BCUT2D eigenvalue weighted by atomic mass is 10.1. The molecule has 2 heteroatoms. The van der Waals surface area contributed by atoms with Crippen molar-refractivity contribution in [3.63, 3.8) is 0 Å². The van der Waals surface area contributed by atoms with E-state index in [1.54, 1.807) is 0 Å². The smallest absolute Gasteiger partial charge is 0.114 e. The van der Waals surface area contributed by atoms with E-state index in [1.807, 2.05) is 0 Å². The van der Waals surface area contributed by atoms with Gasteiger partial charge in [-0.25, -0.2) is 0 Å². The molecule has 1 aliphatic rings. The molecule has 1 N–H and O–H groups in total. The molecule has 0 aliphatic carbocycles. The SMILES string of the molecule is CCC[C@@]1(CO)CO1. The maximum Gasteiger partial charge on any atom is 0.114 e. The number of rotatable bonds is 3. The third kappa shape index (κ3) is 1.01. The first-order chi connectivity index (χ1) is 3.83. The van der Waals surface area contributed by atoms with Gasteiger partial charge < -0.3 is 9.84 Å². The normalized spacial score (nSPS) is 35.2. The van der Waals surface area contributed by atoms with Gasteiger partial charge in [-0.1, -0.05) is 13.3 Å². The Morgan fingerprint density at radius 1 is 1.75 bits per heavy atom. The minimum Gasteiger partial charge on any atom is -0.393 e. The lowest BCUT2D eigenvalue weighted by molar-refractivity contribution is 0.163. The van der Waals surface area contributed by atoms with Crippen LogP contribution >= 0.6 is 0 Å². The molecule has 1 saturated heterocycles. The summed E-state index contributed by atoms with van der Waals surface area (Å²) in [4.78, 5) is 0. The van der Waals surface area contributed by atoms with Gasteiger partial charge in [0.1, 0.15) is 5.60 Å². The van der Waals surface area contributed by atoms with Gasteiger partial charge in [-0.3, -0.25) is 0 Å². The monoisotopic (exact) mass is 116 g/mol. The standard InChI is InChI=1S/C6H12O2/c1-2-3-6(4-7)5-8-6/h7H,2-5H2,1H3/t6-/m1/s1. The minimum absolute atomic E-state index is 0.102. The van der Waals surface area contributed by atoms with E-state index in [-0.39, 0.29) is 12.2 Å². The molecule has 0 aromatic rings. The van der Waals surface area contributed by atoms with Gasteiger partial charge in [0.2, 0.25) is 0 Å². The highest BCUT2D eigenvalue weighted by Crippen LogP contribution is 2.30. The Kier molecular flexibility index (Phi) is 1.54. The Morgan fingerprint density at radius 2 is 2.38 bits per heavy atom. The Bertz CT molecular complexity index is 76.6. The fourth-order valence-electron chi connectivity index (χ4n) is 0.872. The average molecular weight is 116 g/mol. The topological polar surface area (TPSA) is 32.8 Å². The van der Waals surface area contributed by atoms with Gasteiger partial charge in [0, 0.05) is 0 Å². The van der Waals surface area contributed by atoms with Crippen LogP contribution in [-0.2, 0) is 4.74 Å². The zero-order valence-electron chi connectivity index (χ0n) is 5.18. The summed E-state index contributed by atoms with van der Waals surface area (Å²) in [5, 5.41) is 8.66. The summed E-state index contributed by atoms with van der Waals surface area (Å²) in [6, 6.07) is 0. The highest BCUT2D eigenvalue weighted by Gasteiger charge is 2.42. The summed E-state index contributed by atoms with van der Waals surface area (Å²) in [5.41, 5.74) is -0.102. The van der Waals surface area contributed by atoms with E-state index in [2.05, 4.69) is 6.92 Å². The summed E-state index contributed by atoms with van der Waals surface area (Å²) < 4.78 is 5.04. The van der Waals surface area contributed by atoms with Gasteiger partial charge in [-0.05, 0) is 6.42 Å². The number of aliphatic hydroxyl groups excluding tert-OH is 1. The van der Waals surface area contributed by atoms with Crippen molar-refractivity contribution in [1.82, 2.24) is 0 Å². The van der Waals surface area contributed by atoms with Gasteiger partial charge in [0.05, 0.1) is 13.2 Å². The first kappa shape index (κ1) is 6.05. The van der Waals surface area contributed by atoms with Crippen LogP contribution in [0.2, 0.25) is 0 Å². The predicted octanol–water partition coefficient (Wildman–Crippen LogP) is 0.548. The lowest BCUT2D eigenvalue weighted by Crippen LogP contribution is -2.15. The highest BCUT2D eigenvalue weighted by molar-refractivity contribution is 4.90. The zero-order valence-corrected chi connectivity index (χ0v) is 5.18. The van der Waals surface area contributed by atoms with Crippen LogP contribution in [0.3, 0.4) is 0 Å². The van der Waals surface area contributed by atoms with E-state index in [1.165, 1.54) is 0 Å². The number of epoxide rings is 1. The number of aliphatic hydroxyl groups is 1. The minimum atomic E-state index is -0.102. The maximum atomic E-state index is 8.66. The Hall–Kier alpha value is -0.0800. The van der Waals surface area contributed by atoms with Crippen molar-refractivity contribution in [1.29, 1.82) is 0 Å². The van der Waals surface area contributed by atoms with Gasteiger partial charge >= 0.3 is 0 Å². The van der Waals surface area contributed by atoms with Crippen LogP contribution in [-0.4, -0.2) is 23.9 Å². The third-order valence-corrected chi connectivity index (χ3v) is 1.55. The van der Waals surface area contributed by atoms with Crippen LogP contribution in [0.25, 0.3) is 0 Å². The molecule has 0 radical (unpaired) electrons. The summed E-state index contributed by atoms with van der Waals surface area (Å²) >= 11 is 0. The van der Waals surface area contributed by atoms with E-state index in [0.29, 0.717) is 0 Å². The molecule has 1 heterocycles. The van der Waals surface area contributed by atoms with Crippen LogP contribution in [0.15, 0.2) is 0 Å². The summed E-state index contributed by atoms with van der Waals surface area (Å²) in [6.07, 6.45) is 2.10. The van der Waals surface area contributed by atoms with Crippen LogP contribution in [0.4, 0.5) is 0 Å². The predicted molar refractivity (Wildman–Crippen MR) is 30.7 cm³/mol. The molecule has 2 nitrogen and oxygen atoms in total. The largest absolute Gasteiger partial charge is 0.393 e. The molecule has 0 unspecified atom stereocenters. The van der Waals surface area contributed by atoms with E-state index in [9.17, 15) is 0 Å². The molecular weight excluding hydrogens is 104 g/mol. The third-order valence-electron chi connectivity index (χ3n) is 1.55. The van der Waals surface area contributed by atoms with Gasteiger partial charge in [0.25, 0.3) is 0 Å². The molecule has 48 valence electrons. The molecule has 1 atom stereocenters. The van der Waals surface area contributed by atoms with Crippen molar-refractivity contribution in [2.24, 2.45) is 0 Å². The second kappa shape index (κ2) is 2.03. The van der Waals surface area contributed by atoms with Crippen molar-refractivity contribution in [3.05, 3.63) is 0 Å². The van der Waals surface area contributed by atoms with Crippen molar-refractivity contribution >= 4 is 0 Å². The molecule has 0 spiro atoms. The molecular formula is C6H12O2. The Balaban J connectivity index is 2.20. The average Bonchev–Trinajstić information content (AvgIpc) is 2.50. The molecule has 1 rings (SSSR count). The number of hydrogen-bond donors (Lipinski definition) is 1. The number of hydrogen-bond acceptors (Lipinski definition) is 2.